The standard InChI is InChI=1S/C23H40NO4P/c1-2-3-4-5-6-7-8-9-10-12-21-14-16-22(17-15-21)13-11-18-23(24)19-27-29(25,26)28-20-23/h14-17H,2-13,18-20,24H2,1H3,(H,25,26). The third kappa shape index (κ3) is 10.2. The van der Waals surface area contributed by atoms with Crippen molar-refractivity contribution in [1.82, 2.24) is 0 Å². The van der Waals surface area contributed by atoms with Gasteiger partial charge < -0.3 is 10.6 Å². The fourth-order valence-electron chi connectivity index (χ4n) is 3.80. The number of hydrogen-bond donors (Lipinski definition) is 2. The SMILES string of the molecule is CCCCCCCCCCCc1ccc(CCCC2(N)COP(=O)(O)OC2)cc1. The summed E-state index contributed by atoms with van der Waals surface area (Å²) in [4.78, 5) is 9.24. The van der Waals surface area contributed by atoms with Crippen molar-refractivity contribution >= 4 is 7.82 Å². The van der Waals surface area contributed by atoms with Crippen LogP contribution in [0.15, 0.2) is 24.3 Å². The Labute approximate surface area is 177 Å². The summed E-state index contributed by atoms with van der Waals surface area (Å²) in [5.74, 6) is 0. The van der Waals surface area contributed by atoms with Gasteiger partial charge in [-0.05, 0) is 43.2 Å². The Morgan fingerprint density at radius 2 is 1.31 bits per heavy atom. The lowest BCUT2D eigenvalue weighted by molar-refractivity contribution is 0.0362. The highest BCUT2D eigenvalue weighted by Crippen LogP contribution is 2.47. The normalized spacial score (nSPS) is 24.7. The van der Waals surface area contributed by atoms with Crippen molar-refractivity contribution in [3.63, 3.8) is 0 Å². The van der Waals surface area contributed by atoms with Gasteiger partial charge in [-0.3, -0.25) is 9.05 Å². The highest BCUT2D eigenvalue weighted by atomic mass is 31.2. The molecule has 0 unspecified atom stereocenters. The van der Waals surface area contributed by atoms with Crippen molar-refractivity contribution in [3.8, 4) is 0 Å². The van der Waals surface area contributed by atoms with Crippen molar-refractivity contribution in [2.24, 2.45) is 5.73 Å². The first-order valence-electron chi connectivity index (χ1n) is 11.4. The zero-order chi connectivity index (χ0) is 21.0. The van der Waals surface area contributed by atoms with E-state index in [1.165, 1.54) is 68.9 Å². The Balaban J connectivity index is 1.55. The maximum Gasteiger partial charge on any atom is 0.472 e. The largest absolute Gasteiger partial charge is 0.472 e. The van der Waals surface area contributed by atoms with Crippen LogP contribution in [0.1, 0.15) is 88.7 Å². The minimum atomic E-state index is -3.86. The molecule has 3 N–H and O–H groups in total. The molecule has 0 aromatic heterocycles. The molecule has 6 heteroatoms. The predicted octanol–water partition coefficient (Wildman–Crippen LogP) is 5.93. The van der Waals surface area contributed by atoms with Gasteiger partial charge in [-0.2, -0.15) is 0 Å². The van der Waals surface area contributed by atoms with E-state index in [1.54, 1.807) is 0 Å². The summed E-state index contributed by atoms with van der Waals surface area (Å²) in [7, 11) is -3.86. The molecule has 1 aliphatic heterocycles. The van der Waals surface area contributed by atoms with Crippen LogP contribution in [0, 0.1) is 0 Å². The summed E-state index contributed by atoms with van der Waals surface area (Å²) in [6.07, 6.45) is 16.0. The van der Waals surface area contributed by atoms with Crippen LogP contribution in [0.3, 0.4) is 0 Å². The molecule has 0 aliphatic carbocycles. The molecular formula is C23H40NO4P. The maximum absolute atomic E-state index is 11.3. The van der Waals surface area contributed by atoms with E-state index in [1.807, 2.05) is 0 Å². The number of hydrogen-bond acceptors (Lipinski definition) is 4. The van der Waals surface area contributed by atoms with E-state index in [2.05, 4.69) is 31.2 Å². The molecule has 1 saturated heterocycles. The molecule has 1 fully saturated rings. The van der Waals surface area contributed by atoms with Gasteiger partial charge in [0.15, 0.2) is 0 Å². The average Bonchev–Trinajstić information content (AvgIpc) is 2.71. The summed E-state index contributed by atoms with van der Waals surface area (Å²) in [5, 5.41) is 0. The van der Waals surface area contributed by atoms with E-state index in [-0.39, 0.29) is 13.2 Å². The van der Waals surface area contributed by atoms with Crippen molar-refractivity contribution in [1.29, 1.82) is 0 Å². The molecule has 0 bridgehead atoms. The summed E-state index contributed by atoms with van der Waals surface area (Å²) < 4.78 is 21.0. The van der Waals surface area contributed by atoms with E-state index in [0.717, 1.165) is 19.3 Å². The van der Waals surface area contributed by atoms with Gasteiger partial charge in [0, 0.05) is 0 Å². The maximum atomic E-state index is 11.3. The van der Waals surface area contributed by atoms with Crippen LogP contribution >= 0.6 is 7.82 Å². The van der Waals surface area contributed by atoms with Gasteiger partial charge in [0.2, 0.25) is 0 Å². The first kappa shape index (κ1) is 24.6. The molecule has 0 atom stereocenters. The quantitative estimate of drug-likeness (QED) is 0.285. The monoisotopic (exact) mass is 425 g/mol. The highest BCUT2D eigenvalue weighted by molar-refractivity contribution is 7.47. The Bertz CT molecular complexity index is 608. The van der Waals surface area contributed by atoms with Crippen molar-refractivity contribution < 1.29 is 18.5 Å². The average molecular weight is 426 g/mol. The minimum Gasteiger partial charge on any atom is -0.321 e. The molecule has 1 aromatic carbocycles. The Morgan fingerprint density at radius 1 is 0.862 bits per heavy atom. The van der Waals surface area contributed by atoms with Crippen LogP contribution in [0.25, 0.3) is 0 Å². The molecule has 1 aromatic rings. The first-order valence-corrected chi connectivity index (χ1v) is 12.9. The first-order chi connectivity index (χ1) is 13.9. The van der Waals surface area contributed by atoms with Crippen LogP contribution in [0.4, 0.5) is 0 Å². The fourth-order valence-corrected chi connectivity index (χ4v) is 4.72. The third-order valence-corrected chi connectivity index (χ3v) is 6.67. The second kappa shape index (κ2) is 12.9. The van der Waals surface area contributed by atoms with Crippen molar-refractivity contribution in [3.05, 3.63) is 35.4 Å². The zero-order valence-corrected chi connectivity index (χ0v) is 19.0. The number of rotatable bonds is 14. The predicted molar refractivity (Wildman–Crippen MR) is 119 cm³/mol. The molecule has 0 amide bonds. The van der Waals surface area contributed by atoms with Crippen LogP contribution in [-0.2, 0) is 26.5 Å². The van der Waals surface area contributed by atoms with Crippen LogP contribution in [0.2, 0.25) is 0 Å². The summed E-state index contributed by atoms with van der Waals surface area (Å²) >= 11 is 0. The van der Waals surface area contributed by atoms with E-state index in [9.17, 15) is 9.46 Å². The molecular weight excluding hydrogens is 385 g/mol. The molecule has 1 aliphatic rings. The molecule has 166 valence electrons. The van der Waals surface area contributed by atoms with Crippen molar-refractivity contribution in [2.45, 2.75) is 95.9 Å². The smallest absolute Gasteiger partial charge is 0.321 e. The van der Waals surface area contributed by atoms with E-state index in [4.69, 9.17) is 14.8 Å². The fraction of sp³-hybridized carbons (Fsp3) is 0.739. The number of phosphoric acid groups is 1. The lowest BCUT2D eigenvalue weighted by Crippen LogP contribution is -2.50. The number of aryl methyl sites for hydroxylation is 2. The second-order valence-electron chi connectivity index (χ2n) is 8.63. The zero-order valence-electron chi connectivity index (χ0n) is 18.1. The van der Waals surface area contributed by atoms with Gasteiger partial charge in [-0.15, -0.1) is 0 Å². The molecule has 5 nitrogen and oxygen atoms in total. The number of phosphoric ester groups is 1. The molecule has 1 heterocycles. The topological polar surface area (TPSA) is 81.8 Å². The Morgan fingerprint density at radius 3 is 1.83 bits per heavy atom. The van der Waals surface area contributed by atoms with E-state index >= 15 is 0 Å². The lowest BCUT2D eigenvalue weighted by Gasteiger charge is -2.34. The second-order valence-corrected chi connectivity index (χ2v) is 10.1. The van der Waals surface area contributed by atoms with Crippen molar-refractivity contribution in [2.75, 3.05) is 13.2 Å². The minimum absolute atomic E-state index is 0.0679. The van der Waals surface area contributed by atoms with Gasteiger partial charge >= 0.3 is 7.82 Å². The molecule has 0 saturated carbocycles. The lowest BCUT2D eigenvalue weighted by atomic mass is 9.94. The van der Waals surface area contributed by atoms with Gasteiger partial charge in [-0.1, -0.05) is 82.6 Å². The number of unbranched alkanes of at least 4 members (excludes halogenated alkanes) is 8. The third-order valence-electron chi connectivity index (χ3n) is 5.76. The summed E-state index contributed by atoms with van der Waals surface area (Å²) in [5.41, 5.74) is 8.25. The Hall–Kier alpha value is -0.710. The van der Waals surface area contributed by atoms with E-state index in [0.29, 0.717) is 6.42 Å². The number of nitrogens with two attached hydrogens (primary N) is 1. The molecule has 2 rings (SSSR count). The summed E-state index contributed by atoms with van der Waals surface area (Å²) in [6.45, 7) is 2.40. The van der Waals surface area contributed by atoms with Gasteiger partial charge in [0.25, 0.3) is 0 Å². The van der Waals surface area contributed by atoms with Gasteiger partial charge in [0.05, 0.1) is 18.8 Å². The molecule has 0 spiro atoms. The number of benzene rings is 1. The van der Waals surface area contributed by atoms with Gasteiger partial charge in [0.1, 0.15) is 0 Å². The Kier molecular flexibility index (Phi) is 10.9. The van der Waals surface area contributed by atoms with Crippen LogP contribution < -0.4 is 5.73 Å². The van der Waals surface area contributed by atoms with E-state index < -0.39 is 13.4 Å². The van der Waals surface area contributed by atoms with Gasteiger partial charge in [-0.25, -0.2) is 4.57 Å². The van der Waals surface area contributed by atoms with Crippen LogP contribution in [-0.4, -0.2) is 23.6 Å². The molecule has 29 heavy (non-hydrogen) atoms. The van der Waals surface area contributed by atoms with Crippen LogP contribution in [0.5, 0.6) is 0 Å². The molecule has 0 radical (unpaired) electrons. The highest BCUT2D eigenvalue weighted by Gasteiger charge is 2.38. The summed E-state index contributed by atoms with van der Waals surface area (Å²) in [6, 6.07) is 8.91.